The highest BCUT2D eigenvalue weighted by atomic mass is 31.1. The van der Waals surface area contributed by atoms with Crippen LogP contribution < -0.4 is 10.6 Å². The average molecular weight is 470 g/mol. The Bertz CT molecular complexity index is 1430. The van der Waals surface area contributed by atoms with Gasteiger partial charge in [-0.2, -0.15) is 0 Å². The summed E-state index contributed by atoms with van der Waals surface area (Å²) in [5, 5.41) is 6.38. The quantitative estimate of drug-likeness (QED) is 0.269. The monoisotopic (exact) mass is 469 g/mol. The number of hydrogen-bond acceptors (Lipinski definition) is 1. The fourth-order valence-electron chi connectivity index (χ4n) is 4.52. The summed E-state index contributed by atoms with van der Waals surface area (Å²) < 4.78 is 0. The molecule has 0 bridgehead atoms. The topological polar surface area (TPSA) is 12.9 Å². The first-order chi connectivity index (χ1) is 17.3. The number of benzene rings is 3. The summed E-state index contributed by atoms with van der Waals surface area (Å²) >= 11 is 0. The van der Waals surface area contributed by atoms with Crippen LogP contribution in [0.4, 0.5) is 0 Å². The van der Waals surface area contributed by atoms with Gasteiger partial charge in [0.05, 0.1) is 5.69 Å². The Kier molecular flexibility index (Phi) is 6.98. The van der Waals surface area contributed by atoms with Crippen molar-refractivity contribution >= 4 is 34.9 Å². The molecule has 170 valence electrons. The molecule has 3 aromatic carbocycles. The van der Waals surface area contributed by atoms with Gasteiger partial charge in [0, 0.05) is 18.0 Å². The van der Waals surface area contributed by atoms with Gasteiger partial charge >= 0.3 is 0 Å². The van der Waals surface area contributed by atoms with Gasteiger partial charge in [-0.25, -0.2) is 0 Å². The van der Waals surface area contributed by atoms with E-state index < -0.39 is 7.92 Å². The number of pyridine rings is 1. The predicted molar refractivity (Wildman–Crippen MR) is 154 cm³/mol. The van der Waals surface area contributed by atoms with Crippen LogP contribution in [0, 0.1) is 0 Å². The number of allylic oxidation sites excluding steroid dienone is 9. The average Bonchev–Trinajstić information content (AvgIpc) is 3.07. The Labute approximate surface area is 209 Å². The smallest absolute Gasteiger partial charge is 0.0749 e. The van der Waals surface area contributed by atoms with Crippen LogP contribution in [0.1, 0.15) is 19.0 Å². The van der Waals surface area contributed by atoms with Crippen molar-refractivity contribution in [3.63, 3.8) is 0 Å². The van der Waals surface area contributed by atoms with Gasteiger partial charge < -0.3 is 0 Å². The molecule has 0 spiro atoms. The zero-order chi connectivity index (χ0) is 24.0. The van der Waals surface area contributed by atoms with Crippen molar-refractivity contribution in [1.82, 2.24) is 4.98 Å². The Hall–Kier alpha value is -3.80. The van der Waals surface area contributed by atoms with Gasteiger partial charge in [-0.05, 0) is 58.9 Å². The van der Waals surface area contributed by atoms with Crippen molar-refractivity contribution in [2.24, 2.45) is 0 Å². The maximum atomic E-state index is 4.98. The zero-order valence-corrected chi connectivity index (χ0v) is 20.8. The third kappa shape index (κ3) is 4.87. The molecule has 1 aromatic heterocycles. The van der Waals surface area contributed by atoms with Crippen LogP contribution in [0.2, 0.25) is 0 Å². The second-order valence-corrected chi connectivity index (χ2v) is 10.7. The molecule has 1 nitrogen and oxygen atoms in total. The summed E-state index contributed by atoms with van der Waals surface area (Å²) in [6.45, 7) is 6.46. The van der Waals surface area contributed by atoms with Crippen LogP contribution in [0.3, 0.4) is 0 Å². The molecule has 1 aliphatic carbocycles. The lowest BCUT2D eigenvalue weighted by Crippen LogP contribution is -2.13. The normalized spacial score (nSPS) is 15.5. The molecule has 0 aliphatic heterocycles. The minimum atomic E-state index is -0.789. The molecule has 0 radical (unpaired) electrons. The Balaban J connectivity index is 1.83. The van der Waals surface area contributed by atoms with Crippen LogP contribution in [0.15, 0.2) is 151 Å². The molecular formula is C33H28NP. The van der Waals surface area contributed by atoms with Gasteiger partial charge in [-0.3, -0.25) is 4.98 Å². The number of fused-ring (bicyclic) bond motifs is 1. The Morgan fingerprint density at radius 2 is 1.46 bits per heavy atom. The van der Waals surface area contributed by atoms with Gasteiger partial charge in [0.2, 0.25) is 0 Å². The van der Waals surface area contributed by atoms with Gasteiger partial charge in [-0.15, -0.1) is 0 Å². The third-order valence-electron chi connectivity index (χ3n) is 6.25. The summed E-state index contributed by atoms with van der Waals surface area (Å²) in [5.74, 6) is 0. The van der Waals surface area contributed by atoms with E-state index in [1.165, 1.54) is 37.8 Å². The predicted octanol–water partition coefficient (Wildman–Crippen LogP) is 8.10. The summed E-state index contributed by atoms with van der Waals surface area (Å²) in [4.78, 5) is 4.98. The van der Waals surface area contributed by atoms with E-state index in [-0.39, 0.29) is 0 Å². The van der Waals surface area contributed by atoms with Gasteiger partial charge in [-0.1, -0.05) is 122 Å². The molecule has 0 unspecified atom stereocenters. The number of aromatic nitrogens is 1. The van der Waals surface area contributed by atoms with Crippen LogP contribution in [0.25, 0.3) is 16.3 Å². The van der Waals surface area contributed by atoms with E-state index in [2.05, 4.69) is 128 Å². The zero-order valence-electron chi connectivity index (χ0n) is 19.9. The summed E-state index contributed by atoms with van der Waals surface area (Å²) in [6, 6.07) is 32.4. The molecule has 1 aliphatic rings. The summed E-state index contributed by atoms with van der Waals surface area (Å²) in [7, 11) is -0.789. The van der Waals surface area contributed by atoms with Gasteiger partial charge in [0.25, 0.3) is 0 Å². The molecule has 0 N–H and O–H groups in total. The van der Waals surface area contributed by atoms with Crippen molar-refractivity contribution in [2.45, 2.75) is 13.3 Å². The Morgan fingerprint density at radius 3 is 2.14 bits per heavy atom. The molecule has 0 fully saturated rings. The molecule has 0 saturated carbocycles. The SMILES string of the molecule is C=C1C=CC(P(c2ccccc2)c2ccccc2)=C(c2nccc3ccccc23)C/C1=C/C=C\C. The molecule has 2 heteroatoms. The maximum Gasteiger partial charge on any atom is 0.0749 e. The molecule has 0 atom stereocenters. The largest absolute Gasteiger partial charge is 0.256 e. The first-order valence-corrected chi connectivity index (χ1v) is 13.3. The van der Waals surface area contributed by atoms with Crippen LogP contribution in [0.5, 0.6) is 0 Å². The lowest BCUT2D eigenvalue weighted by molar-refractivity contribution is 1.22. The van der Waals surface area contributed by atoms with E-state index in [9.17, 15) is 0 Å². The molecule has 5 rings (SSSR count). The number of nitrogens with zero attached hydrogens (tertiary/aromatic N) is 1. The molecule has 4 aromatic rings. The van der Waals surface area contributed by atoms with E-state index in [1.807, 2.05) is 13.1 Å². The van der Waals surface area contributed by atoms with E-state index in [0.29, 0.717) is 0 Å². The lowest BCUT2D eigenvalue weighted by atomic mass is 9.96. The fourth-order valence-corrected chi connectivity index (χ4v) is 6.99. The van der Waals surface area contributed by atoms with Crippen molar-refractivity contribution in [1.29, 1.82) is 0 Å². The van der Waals surface area contributed by atoms with Gasteiger partial charge in [0.1, 0.15) is 0 Å². The van der Waals surface area contributed by atoms with Crippen LogP contribution in [-0.2, 0) is 0 Å². The van der Waals surface area contributed by atoms with Crippen LogP contribution >= 0.6 is 7.92 Å². The van der Waals surface area contributed by atoms with E-state index in [1.54, 1.807) is 0 Å². The second kappa shape index (κ2) is 10.6. The lowest BCUT2D eigenvalue weighted by Gasteiger charge is -2.24. The van der Waals surface area contributed by atoms with Crippen molar-refractivity contribution in [3.8, 4) is 0 Å². The van der Waals surface area contributed by atoms with E-state index >= 15 is 0 Å². The maximum absolute atomic E-state index is 4.98. The van der Waals surface area contributed by atoms with Crippen LogP contribution in [-0.4, -0.2) is 4.98 Å². The minimum absolute atomic E-state index is 0.783. The number of rotatable bonds is 5. The van der Waals surface area contributed by atoms with Crippen molar-refractivity contribution < 1.29 is 0 Å². The molecule has 0 saturated heterocycles. The van der Waals surface area contributed by atoms with Crippen molar-refractivity contribution in [2.75, 3.05) is 0 Å². The Morgan fingerprint density at radius 1 is 0.800 bits per heavy atom. The first-order valence-electron chi connectivity index (χ1n) is 11.9. The van der Waals surface area contributed by atoms with Crippen molar-refractivity contribution in [3.05, 3.63) is 156 Å². The summed E-state index contributed by atoms with van der Waals surface area (Å²) in [6.07, 6.45) is 13.6. The highest BCUT2D eigenvalue weighted by Gasteiger charge is 2.25. The van der Waals surface area contributed by atoms with E-state index in [4.69, 9.17) is 4.98 Å². The fraction of sp³-hybridized carbons (Fsp3) is 0.0606. The third-order valence-corrected chi connectivity index (χ3v) is 8.78. The summed E-state index contributed by atoms with van der Waals surface area (Å²) in [5.41, 5.74) is 4.59. The first kappa shape index (κ1) is 23.0. The highest BCUT2D eigenvalue weighted by molar-refractivity contribution is 7.77. The second-order valence-electron chi connectivity index (χ2n) is 8.50. The molecule has 0 amide bonds. The van der Waals surface area contributed by atoms with E-state index in [0.717, 1.165) is 17.7 Å². The highest BCUT2D eigenvalue weighted by Crippen LogP contribution is 2.50. The molecular weight excluding hydrogens is 441 g/mol. The standard InChI is InChI=1S/C33H28NP/c1-3-4-13-27-24-31(33-30-19-12-11-14-26(30)22-23-34-33)32(21-20-25(27)2)35(28-15-7-5-8-16-28)29-17-9-6-10-18-29/h3-23H,2,24H2,1H3/b4-3-,27-13-. The molecule has 35 heavy (non-hydrogen) atoms. The minimum Gasteiger partial charge on any atom is -0.256 e. The molecule has 1 heterocycles. The number of hydrogen-bond donors (Lipinski definition) is 0. The van der Waals surface area contributed by atoms with Gasteiger partial charge in [0.15, 0.2) is 0 Å².